The Morgan fingerprint density at radius 1 is 1.29 bits per heavy atom. The number of carbonyl (C=O) groups excluding carboxylic acids is 2. The van der Waals surface area contributed by atoms with Crippen molar-refractivity contribution in [3.63, 3.8) is 0 Å². The molecule has 1 amide bonds. The highest BCUT2D eigenvalue weighted by Crippen LogP contribution is 2.12. The largest absolute Gasteiger partial charge is 0.449 e. The molecule has 2 aromatic rings. The number of hydrogen-bond donors (Lipinski definition) is 1. The van der Waals surface area contributed by atoms with Crippen LogP contribution in [-0.2, 0) is 16.0 Å². The first-order valence-electron chi connectivity index (χ1n) is 8.03. The van der Waals surface area contributed by atoms with Crippen molar-refractivity contribution in [2.75, 3.05) is 5.32 Å². The minimum absolute atomic E-state index is 0.223. The molecule has 0 aliphatic carbocycles. The third-order valence-corrected chi connectivity index (χ3v) is 3.54. The molecule has 2 rings (SSSR count). The Hall–Kier alpha value is -2.63. The smallest absolute Gasteiger partial charge is 0.338 e. The van der Waals surface area contributed by atoms with Crippen molar-refractivity contribution in [3.05, 3.63) is 47.2 Å². The zero-order valence-corrected chi connectivity index (χ0v) is 14.2. The molecule has 24 heavy (non-hydrogen) atoms. The van der Waals surface area contributed by atoms with E-state index in [9.17, 15) is 9.59 Å². The van der Waals surface area contributed by atoms with Crippen LogP contribution in [0.1, 0.15) is 48.3 Å². The van der Waals surface area contributed by atoms with Gasteiger partial charge in [-0.25, -0.2) is 4.79 Å². The maximum atomic E-state index is 12.1. The van der Waals surface area contributed by atoms with Crippen LogP contribution in [-0.4, -0.2) is 23.1 Å². The molecule has 1 N–H and O–H groups in total. The summed E-state index contributed by atoms with van der Waals surface area (Å²) in [6.07, 6.45) is 2.28. The van der Waals surface area contributed by atoms with E-state index in [1.807, 2.05) is 12.1 Å². The monoisotopic (exact) mass is 330 g/mol. The molecule has 0 fully saturated rings. The van der Waals surface area contributed by atoms with Gasteiger partial charge in [0, 0.05) is 6.07 Å². The zero-order chi connectivity index (χ0) is 17.5. The first kappa shape index (κ1) is 17.7. The van der Waals surface area contributed by atoms with Crippen LogP contribution in [0.3, 0.4) is 0 Å². The van der Waals surface area contributed by atoms with Gasteiger partial charge in [-0.3, -0.25) is 10.1 Å². The van der Waals surface area contributed by atoms with E-state index in [4.69, 9.17) is 9.26 Å². The Labute approximate surface area is 141 Å². The lowest BCUT2D eigenvalue weighted by Crippen LogP contribution is -2.29. The third-order valence-electron chi connectivity index (χ3n) is 3.54. The van der Waals surface area contributed by atoms with Gasteiger partial charge >= 0.3 is 5.97 Å². The van der Waals surface area contributed by atoms with E-state index in [-0.39, 0.29) is 5.88 Å². The number of aromatic nitrogens is 1. The molecule has 0 aliphatic heterocycles. The van der Waals surface area contributed by atoms with Gasteiger partial charge in [0.05, 0.1) is 11.3 Å². The van der Waals surface area contributed by atoms with E-state index in [1.54, 1.807) is 25.1 Å². The van der Waals surface area contributed by atoms with Crippen LogP contribution < -0.4 is 5.32 Å². The number of hydrogen-bond acceptors (Lipinski definition) is 5. The number of benzene rings is 1. The molecular formula is C18H22N2O4. The molecule has 0 saturated carbocycles. The van der Waals surface area contributed by atoms with Crippen LogP contribution >= 0.6 is 0 Å². The number of esters is 1. The summed E-state index contributed by atoms with van der Waals surface area (Å²) in [5.74, 6) is -0.784. The molecule has 6 heteroatoms. The number of rotatable bonds is 7. The first-order valence-corrected chi connectivity index (χ1v) is 8.03. The molecule has 1 unspecified atom stereocenters. The highest BCUT2D eigenvalue weighted by molar-refractivity contribution is 5.96. The van der Waals surface area contributed by atoms with E-state index in [2.05, 4.69) is 17.4 Å². The summed E-state index contributed by atoms with van der Waals surface area (Å²) in [5.41, 5.74) is 2.25. The van der Waals surface area contributed by atoms with Crippen molar-refractivity contribution < 1.29 is 18.8 Å². The molecule has 0 saturated heterocycles. The molecule has 0 bridgehead atoms. The van der Waals surface area contributed by atoms with Crippen LogP contribution in [0.25, 0.3) is 0 Å². The molecule has 0 radical (unpaired) electrons. The van der Waals surface area contributed by atoms with E-state index in [0.717, 1.165) is 19.3 Å². The van der Waals surface area contributed by atoms with Crippen molar-refractivity contribution in [1.29, 1.82) is 0 Å². The lowest BCUT2D eigenvalue weighted by atomic mass is 10.1. The van der Waals surface area contributed by atoms with E-state index in [1.165, 1.54) is 12.5 Å². The number of carbonyl (C=O) groups is 2. The summed E-state index contributed by atoms with van der Waals surface area (Å²) in [4.78, 5) is 24.1. The predicted octanol–water partition coefficient (Wildman–Crippen LogP) is 3.51. The van der Waals surface area contributed by atoms with E-state index >= 15 is 0 Å². The highest BCUT2D eigenvalue weighted by atomic mass is 16.5. The maximum absolute atomic E-state index is 12.1. The Morgan fingerprint density at radius 3 is 2.58 bits per heavy atom. The lowest BCUT2D eigenvalue weighted by Gasteiger charge is -2.12. The number of ether oxygens (including phenoxy) is 1. The Bertz CT molecular complexity index is 691. The summed E-state index contributed by atoms with van der Waals surface area (Å²) in [7, 11) is 0. The van der Waals surface area contributed by atoms with Crippen LogP contribution in [0.15, 0.2) is 34.9 Å². The fraction of sp³-hybridized carbons (Fsp3) is 0.389. The van der Waals surface area contributed by atoms with Gasteiger partial charge in [-0.15, -0.1) is 0 Å². The van der Waals surface area contributed by atoms with E-state index in [0.29, 0.717) is 11.3 Å². The molecule has 1 aromatic carbocycles. The molecule has 1 atom stereocenters. The number of anilines is 1. The Balaban J connectivity index is 1.89. The van der Waals surface area contributed by atoms with Gasteiger partial charge in [0.1, 0.15) is 0 Å². The van der Waals surface area contributed by atoms with Crippen LogP contribution in [0.4, 0.5) is 5.88 Å². The van der Waals surface area contributed by atoms with Gasteiger partial charge in [0.15, 0.2) is 6.10 Å². The van der Waals surface area contributed by atoms with Gasteiger partial charge in [-0.1, -0.05) is 30.6 Å². The van der Waals surface area contributed by atoms with Gasteiger partial charge < -0.3 is 9.26 Å². The second-order valence-electron chi connectivity index (χ2n) is 5.67. The molecule has 1 aromatic heterocycles. The highest BCUT2D eigenvalue weighted by Gasteiger charge is 2.20. The topological polar surface area (TPSA) is 81.4 Å². The molecule has 6 nitrogen and oxygen atoms in total. The number of aryl methyl sites for hydroxylation is 2. The summed E-state index contributed by atoms with van der Waals surface area (Å²) in [6, 6.07) is 8.85. The molecule has 1 heterocycles. The zero-order valence-electron chi connectivity index (χ0n) is 14.2. The second kappa shape index (κ2) is 8.29. The average molecular weight is 330 g/mol. The molecule has 128 valence electrons. The normalized spacial score (nSPS) is 11.8. The van der Waals surface area contributed by atoms with Gasteiger partial charge in [-0.05, 0) is 44.4 Å². The fourth-order valence-electron chi connectivity index (χ4n) is 2.12. The van der Waals surface area contributed by atoms with Crippen molar-refractivity contribution >= 4 is 17.8 Å². The lowest BCUT2D eigenvalue weighted by molar-refractivity contribution is -0.123. The summed E-state index contributed by atoms with van der Waals surface area (Å²) >= 11 is 0. The number of amides is 1. The van der Waals surface area contributed by atoms with Crippen molar-refractivity contribution in [3.8, 4) is 0 Å². The van der Waals surface area contributed by atoms with Gasteiger partial charge in [-0.2, -0.15) is 0 Å². The predicted molar refractivity (Wildman–Crippen MR) is 89.8 cm³/mol. The summed E-state index contributed by atoms with van der Waals surface area (Å²) in [6.45, 7) is 5.39. The Morgan fingerprint density at radius 2 is 2.00 bits per heavy atom. The minimum Gasteiger partial charge on any atom is -0.449 e. The van der Waals surface area contributed by atoms with Crippen LogP contribution in [0.2, 0.25) is 0 Å². The number of nitrogens with zero attached hydrogens (tertiary/aromatic N) is 1. The maximum Gasteiger partial charge on any atom is 0.338 e. The standard InChI is InChI=1S/C18H22N2O4/c1-4-5-6-14-7-9-15(10-8-14)18(22)23-13(3)17(21)19-16-11-12(2)20-24-16/h7-11,13H,4-6H2,1-3H3,(H,19,21). The van der Waals surface area contributed by atoms with Gasteiger partial charge in [0.25, 0.3) is 5.91 Å². The van der Waals surface area contributed by atoms with Crippen molar-refractivity contribution in [2.45, 2.75) is 46.1 Å². The molecule has 0 spiro atoms. The minimum atomic E-state index is -0.942. The number of unbranched alkanes of at least 4 members (excludes halogenated alkanes) is 1. The van der Waals surface area contributed by atoms with Crippen molar-refractivity contribution in [1.82, 2.24) is 5.16 Å². The molecule has 0 aliphatic rings. The van der Waals surface area contributed by atoms with Crippen LogP contribution in [0.5, 0.6) is 0 Å². The quantitative estimate of drug-likeness (QED) is 0.786. The first-order chi connectivity index (χ1) is 11.5. The number of nitrogens with one attached hydrogen (secondary N) is 1. The molecular weight excluding hydrogens is 308 g/mol. The van der Waals surface area contributed by atoms with Crippen LogP contribution in [0, 0.1) is 6.92 Å². The Kier molecular flexibility index (Phi) is 6.12. The van der Waals surface area contributed by atoms with Crippen molar-refractivity contribution in [2.24, 2.45) is 0 Å². The average Bonchev–Trinajstić information content (AvgIpc) is 2.98. The van der Waals surface area contributed by atoms with E-state index < -0.39 is 18.0 Å². The fourth-order valence-corrected chi connectivity index (χ4v) is 2.12. The summed E-state index contributed by atoms with van der Waals surface area (Å²) < 4.78 is 10.1. The van der Waals surface area contributed by atoms with Gasteiger partial charge in [0.2, 0.25) is 5.88 Å². The SMILES string of the molecule is CCCCc1ccc(C(=O)OC(C)C(=O)Nc2cc(C)no2)cc1. The summed E-state index contributed by atoms with van der Waals surface area (Å²) in [5, 5.41) is 6.18. The second-order valence-corrected chi connectivity index (χ2v) is 5.67. The third kappa shape index (κ3) is 4.94.